The summed E-state index contributed by atoms with van der Waals surface area (Å²) in [5.74, 6) is -0.0248. The fraction of sp³-hybridized carbons (Fsp3) is 0.833. The van der Waals surface area contributed by atoms with Gasteiger partial charge >= 0.3 is 6.09 Å². The minimum absolute atomic E-state index is 0.0248. The molecular weight excluding hydrogens is 234 g/mol. The average molecular weight is 257 g/mol. The van der Waals surface area contributed by atoms with Crippen molar-refractivity contribution >= 4 is 12.0 Å². The fourth-order valence-corrected chi connectivity index (χ4v) is 1.72. The number of ether oxygens (including phenoxy) is 1. The van der Waals surface area contributed by atoms with Crippen LogP contribution in [0, 0.1) is 0 Å². The smallest absolute Gasteiger partial charge is 0.410 e. The van der Waals surface area contributed by atoms with E-state index in [-0.39, 0.29) is 18.0 Å². The van der Waals surface area contributed by atoms with Gasteiger partial charge in [0.2, 0.25) is 5.91 Å². The van der Waals surface area contributed by atoms with Crippen LogP contribution in [0.5, 0.6) is 0 Å². The molecule has 104 valence electrons. The lowest BCUT2D eigenvalue weighted by atomic mass is 10.2. The highest BCUT2D eigenvalue weighted by Crippen LogP contribution is 2.11. The molecular formula is C12H23N3O3. The molecule has 6 heteroatoms. The fourth-order valence-electron chi connectivity index (χ4n) is 1.72. The van der Waals surface area contributed by atoms with Crippen LogP contribution in [0.2, 0.25) is 0 Å². The molecule has 1 fully saturated rings. The highest BCUT2D eigenvalue weighted by atomic mass is 16.6. The molecule has 0 aliphatic carbocycles. The van der Waals surface area contributed by atoms with Crippen molar-refractivity contribution in [2.24, 2.45) is 0 Å². The van der Waals surface area contributed by atoms with Crippen LogP contribution < -0.4 is 5.32 Å². The summed E-state index contributed by atoms with van der Waals surface area (Å²) in [5.41, 5.74) is -0.511. The van der Waals surface area contributed by atoms with Crippen LogP contribution in [0.4, 0.5) is 4.79 Å². The minimum Gasteiger partial charge on any atom is -0.444 e. The Labute approximate surface area is 108 Å². The van der Waals surface area contributed by atoms with E-state index < -0.39 is 5.60 Å². The zero-order chi connectivity index (χ0) is 13.9. The molecule has 0 radical (unpaired) electrons. The number of carbonyl (C=O) groups excluding carboxylic acids is 2. The Hall–Kier alpha value is -1.30. The lowest BCUT2D eigenvalue weighted by Crippen LogP contribution is -2.58. The molecule has 0 aromatic rings. The van der Waals surface area contributed by atoms with Crippen LogP contribution in [0.15, 0.2) is 0 Å². The molecule has 1 N–H and O–H groups in total. The second-order valence-electron chi connectivity index (χ2n) is 5.67. The van der Waals surface area contributed by atoms with Crippen molar-refractivity contribution in [2.45, 2.75) is 32.4 Å². The van der Waals surface area contributed by atoms with Crippen LogP contribution in [-0.4, -0.2) is 67.2 Å². The molecule has 1 saturated heterocycles. The second kappa shape index (κ2) is 5.56. The predicted molar refractivity (Wildman–Crippen MR) is 68.3 cm³/mol. The maximum Gasteiger partial charge on any atom is 0.410 e. The van der Waals surface area contributed by atoms with Gasteiger partial charge in [0.1, 0.15) is 11.6 Å². The Kier molecular flexibility index (Phi) is 4.56. The summed E-state index contributed by atoms with van der Waals surface area (Å²) < 4.78 is 5.30. The monoisotopic (exact) mass is 257 g/mol. The first-order valence-electron chi connectivity index (χ1n) is 6.13. The van der Waals surface area contributed by atoms with Gasteiger partial charge in [0.25, 0.3) is 0 Å². The Morgan fingerprint density at radius 3 is 2.44 bits per heavy atom. The van der Waals surface area contributed by atoms with E-state index in [1.54, 1.807) is 19.0 Å². The van der Waals surface area contributed by atoms with Crippen molar-refractivity contribution in [3.05, 3.63) is 0 Å². The average Bonchev–Trinajstić information content (AvgIpc) is 2.25. The van der Waals surface area contributed by atoms with E-state index in [1.165, 1.54) is 4.90 Å². The third-order valence-corrected chi connectivity index (χ3v) is 2.57. The Morgan fingerprint density at radius 2 is 1.94 bits per heavy atom. The van der Waals surface area contributed by atoms with Crippen molar-refractivity contribution in [1.82, 2.24) is 15.1 Å². The maximum absolute atomic E-state index is 11.9. The largest absolute Gasteiger partial charge is 0.444 e. The van der Waals surface area contributed by atoms with Crippen LogP contribution in [0.25, 0.3) is 0 Å². The zero-order valence-corrected chi connectivity index (χ0v) is 11.8. The van der Waals surface area contributed by atoms with E-state index in [9.17, 15) is 9.59 Å². The number of nitrogens with zero attached hydrogens (tertiary/aromatic N) is 2. The quantitative estimate of drug-likeness (QED) is 0.733. The number of nitrogens with one attached hydrogen (secondary N) is 1. The third kappa shape index (κ3) is 4.18. The Bertz CT molecular complexity index is 323. The Balaban J connectivity index is 2.59. The topological polar surface area (TPSA) is 61.9 Å². The van der Waals surface area contributed by atoms with Crippen LogP contribution in [0.1, 0.15) is 20.8 Å². The lowest BCUT2D eigenvalue weighted by molar-refractivity contribution is -0.131. The maximum atomic E-state index is 11.9. The van der Waals surface area contributed by atoms with Gasteiger partial charge in [0.05, 0.1) is 0 Å². The van der Waals surface area contributed by atoms with Gasteiger partial charge in [0, 0.05) is 33.7 Å². The Morgan fingerprint density at radius 1 is 1.33 bits per heavy atom. The third-order valence-electron chi connectivity index (χ3n) is 2.57. The lowest BCUT2D eigenvalue weighted by Gasteiger charge is -2.35. The summed E-state index contributed by atoms with van der Waals surface area (Å²) in [4.78, 5) is 26.8. The summed E-state index contributed by atoms with van der Waals surface area (Å²) in [6, 6.07) is -0.346. The van der Waals surface area contributed by atoms with Crippen LogP contribution >= 0.6 is 0 Å². The van der Waals surface area contributed by atoms with Gasteiger partial charge in [-0.3, -0.25) is 4.79 Å². The molecule has 18 heavy (non-hydrogen) atoms. The molecule has 1 rings (SSSR count). The number of rotatable bonds is 1. The van der Waals surface area contributed by atoms with Crippen molar-refractivity contribution in [3.8, 4) is 0 Å². The van der Waals surface area contributed by atoms with E-state index in [4.69, 9.17) is 4.74 Å². The van der Waals surface area contributed by atoms with Crippen LogP contribution in [-0.2, 0) is 9.53 Å². The number of amides is 2. The summed E-state index contributed by atoms with van der Waals surface area (Å²) in [6.45, 7) is 7.00. The molecule has 1 aliphatic rings. The number of hydrogen-bond donors (Lipinski definition) is 1. The van der Waals surface area contributed by atoms with Crippen molar-refractivity contribution in [3.63, 3.8) is 0 Å². The van der Waals surface area contributed by atoms with E-state index in [0.29, 0.717) is 19.6 Å². The highest BCUT2D eigenvalue weighted by molar-refractivity contribution is 5.82. The number of likely N-dealkylation sites (N-methyl/N-ethyl adjacent to an activating group) is 1. The van der Waals surface area contributed by atoms with Gasteiger partial charge in [-0.1, -0.05) is 0 Å². The molecule has 6 nitrogen and oxygen atoms in total. The molecule has 0 aromatic heterocycles. The normalized spacial score (nSPS) is 20.5. The van der Waals surface area contributed by atoms with Crippen molar-refractivity contribution in [1.29, 1.82) is 0 Å². The first-order chi connectivity index (χ1) is 8.20. The van der Waals surface area contributed by atoms with E-state index in [2.05, 4.69) is 5.32 Å². The SMILES string of the molecule is CN(C)C(=O)C1CN(C(=O)OC(C)(C)C)CCN1. The van der Waals surface area contributed by atoms with Crippen LogP contribution in [0.3, 0.4) is 0 Å². The molecule has 1 unspecified atom stereocenters. The summed E-state index contributed by atoms with van der Waals surface area (Å²) >= 11 is 0. The molecule has 1 heterocycles. The van der Waals surface area contributed by atoms with E-state index in [1.807, 2.05) is 20.8 Å². The number of hydrogen-bond acceptors (Lipinski definition) is 4. The number of piperazine rings is 1. The zero-order valence-electron chi connectivity index (χ0n) is 11.8. The molecule has 0 bridgehead atoms. The molecule has 2 amide bonds. The summed E-state index contributed by atoms with van der Waals surface area (Å²) in [5, 5.41) is 3.11. The molecule has 1 atom stereocenters. The minimum atomic E-state index is -0.511. The van der Waals surface area contributed by atoms with Gasteiger partial charge in [-0.15, -0.1) is 0 Å². The summed E-state index contributed by atoms with van der Waals surface area (Å²) in [7, 11) is 3.41. The first-order valence-corrected chi connectivity index (χ1v) is 6.13. The summed E-state index contributed by atoms with van der Waals surface area (Å²) in [6.07, 6.45) is -0.361. The van der Waals surface area contributed by atoms with Gasteiger partial charge in [-0.25, -0.2) is 4.79 Å². The molecule has 0 aromatic carbocycles. The van der Waals surface area contributed by atoms with Gasteiger partial charge < -0.3 is 19.9 Å². The van der Waals surface area contributed by atoms with E-state index in [0.717, 1.165) is 0 Å². The van der Waals surface area contributed by atoms with Gasteiger partial charge in [-0.2, -0.15) is 0 Å². The predicted octanol–water partition coefficient (Wildman–Crippen LogP) is 0.283. The van der Waals surface area contributed by atoms with E-state index >= 15 is 0 Å². The van der Waals surface area contributed by atoms with Gasteiger partial charge in [-0.05, 0) is 20.8 Å². The van der Waals surface area contributed by atoms with Crippen molar-refractivity contribution < 1.29 is 14.3 Å². The molecule has 0 spiro atoms. The second-order valence-corrected chi connectivity index (χ2v) is 5.67. The molecule has 0 saturated carbocycles. The van der Waals surface area contributed by atoms with Crippen molar-refractivity contribution in [2.75, 3.05) is 33.7 Å². The number of carbonyl (C=O) groups is 2. The standard InChI is InChI=1S/C12H23N3O3/c1-12(2,3)18-11(17)15-7-6-13-9(8-15)10(16)14(4)5/h9,13H,6-8H2,1-5H3. The molecule has 1 aliphatic heterocycles. The first kappa shape index (κ1) is 14.8. The highest BCUT2D eigenvalue weighted by Gasteiger charge is 2.31. The van der Waals surface area contributed by atoms with Gasteiger partial charge in [0.15, 0.2) is 0 Å².